The van der Waals surface area contributed by atoms with Gasteiger partial charge < -0.3 is 14.3 Å². The summed E-state index contributed by atoms with van der Waals surface area (Å²) < 4.78 is 22.7. The average molecular weight is 378 g/mol. The van der Waals surface area contributed by atoms with Crippen molar-refractivity contribution in [1.82, 2.24) is 9.88 Å². The lowest BCUT2D eigenvalue weighted by molar-refractivity contribution is 0.104. The van der Waals surface area contributed by atoms with Crippen LogP contribution in [0.25, 0.3) is 28.0 Å². The normalized spacial score (nSPS) is 13.2. The largest absolute Gasteiger partial charge is 0.453 e. The summed E-state index contributed by atoms with van der Waals surface area (Å²) in [7, 11) is 1.82. The number of nitrogens with one attached hydrogen (secondary N) is 1. The summed E-state index contributed by atoms with van der Waals surface area (Å²) in [6.45, 7) is 5.78. The predicted octanol–water partition coefficient (Wildman–Crippen LogP) is 3.91. The van der Waals surface area contributed by atoms with Crippen LogP contribution in [0.15, 0.2) is 52.5 Å². The van der Waals surface area contributed by atoms with Gasteiger partial charge in [0.15, 0.2) is 17.4 Å². The van der Waals surface area contributed by atoms with Gasteiger partial charge in [0.25, 0.3) is 0 Å². The molecule has 1 aliphatic heterocycles. The van der Waals surface area contributed by atoms with Gasteiger partial charge in [-0.05, 0) is 31.2 Å². The molecule has 6 heteroatoms. The number of pyridine rings is 1. The first-order chi connectivity index (χ1) is 13.5. The number of aromatic nitrogens is 1. The van der Waals surface area contributed by atoms with E-state index in [9.17, 15) is 9.59 Å². The van der Waals surface area contributed by atoms with E-state index >= 15 is 4.39 Å². The van der Waals surface area contributed by atoms with Crippen molar-refractivity contribution in [3.63, 3.8) is 0 Å². The molecule has 1 aliphatic rings. The first kappa shape index (κ1) is 18.0. The Labute approximate surface area is 160 Å². The van der Waals surface area contributed by atoms with Crippen LogP contribution in [-0.4, -0.2) is 17.4 Å². The first-order valence-corrected chi connectivity index (χ1v) is 8.96. The highest BCUT2D eigenvalue weighted by atomic mass is 19.1. The number of halogens is 1. The number of aryl methyl sites for hydroxylation is 2. The molecule has 0 spiro atoms. The molecule has 0 unspecified atom stereocenters. The Bertz CT molecular complexity index is 1230. The molecule has 0 fully saturated rings. The fourth-order valence-corrected chi connectivity index (χ4v) is 3.77. The molecule has 1 aromatic carbocycles. The maximum Gasteiger partial charge on any atom is 0.229 e. The zero-order valence-corrected chi connectivity index (χ0v) is 15.6. The van der Waals surface area contributed by atoms with Gasteiger partial charge in [-0.3, -0.25) is 9.59 Å². The summed E-state index contributed by atoms with van der Waals surface area (Å²) in [4.78, 5) is 24.3. The average Bonchev–Trinajstić information content (AvgIpc) is 3.08. The molecule has 5 nitrogen and oxygen atoms in total. The Morgan fingerprint density at radius 3 is 2.86 bits per heavy atom. The Morgan fingerprint density at radius 1 is 1.36 bits per heavy atom. The van der Waals surface area contributed by atoms with E-state index in [1.54, 1.807) is 4.57 Å². The Balaban J connectivity index is 2.01. The molecule has 142 valence electrons. The van der Waals surface area contributed by atoms with E-state index in [4.69, 9.17) is 4.42 Å². The van der Waals surface area contributed by atoms with Gasteiger partial charge in [-0.2, -0.15) is 0 Å². The zero-order chi connectivity index (χ0) is 20.0. The van der Waals surface area contributed by atoms with Crippen molar-refractivity contribution in [3.8, 4) is 11.5 Å². The second-order valence-electron chi connectivity index (χ2n) is 6.75. The van der Waals surface area contributed by atoms with E-state index in [2.05, 4.69) is 11.9 Å². The number of carbonyl (C=O) groups is 1. The standard InChI is InChI=1S/C22H19FN2O3/c1-4-17(26)16-11-25-9-8-15-14-7-5-6-13(12(2)10-24-3)21(14)28-22(15)19(25)18(23)20(16)27/h4-7,10-11,24H,1,8-9H2,2-3H3/b12-10+. The Hall–Kier alpha value is -3.41. The van der Waals surface area contributed by atoms with Gasteiger partial charge >= 0.3 is 0 Å². The van der Waals surface area contributed by atoms with Crippen molar-refractivity contribution in [1.29, 1.82) is 0 Å². The maximum atomic E-state index is 15.0. The van der Waals surface area contributed by atoms with Crippen LogP contribution >= 0.6 is 0 Å². The maximum absolute atomic E-state index is 15.0. The van der Waals surface area contributed by atoms with Crippen molar-refractivity contribution in [2.45, 2.75) is 19.9 Å². The lowest BCUT2D eigenvalue weighted by Crippen LogP contribution is -2.25. The van der Waals surface area contributed by atoms with Gasteiger partial charge in [-0.1, -0.05) is 24.8 Å². The number of fused-ring (bicyclic) bond motifs is 5. The zero-order valence-electron chi connectivity index (χ0n) is 15.6. The molecule has 2 aromatic heterocycles. The van der Waals surface area contributed by atoms with Crippen molar-refractivity contribution < 1.29 is 13.6 Å². The van der Waals surface area contributed by atoms with Crippen molar-refractivity contribution in [2.24, 2.45) is 0 Å². The smallest absolute Gasteiger partial charge is 0.229 e. The quantitative estimate of drug-likeness (QED) is 0.552. The molecule has 0 saturated carbocycles. The molecule has 0 amide bonds. The monoisotopic (exact) mass is 378 g/mol. The summed E-state index contributed by atoms with van der Waals surface area (Å²) in [5.41, 5.74) is 2.33. The van der Waals surface area contributed by atoms with E-state index in [1.807, 2.05) is 38.4 Å². The number of allylic oxidation sites excluding steroid dienone is 2. The lowest BCUT2D eigenvalue weighted by atomic mass is 9.98. The number of nitrogens with zero attached hydrogens (tertiary/aromatic N) is 1. The number of hydrogen-bond donors (Lipinski definition) is 1. The van der Waals surface area contributed by atoms with Gasteiger partial charge in [0, 0.05) is 36.3 Å². The van der Waals surface area contributed by atoms with Gasteiger partial charge in [0.05, 0.1) is 5.56 Å². The topological polar surface area (TPSA) is 64.2 Å². The minimum Gasteiger partial charge on any atom is -0.453 e. The van der Waals surface area contributed by atoms with E-state index in [0.717, 1.165) is 28.2 Å². The second-order valence-corrected chi connectivity index (χ2v) is 6.75. The number of hydrogen-bond acceptors (Lipinski definition) is 4. The van der Waals surface area contributed by atoms with Gasteiger partial charge in [-0.25, -0.2) is 4.39 Å². The second kappa shape index (κ2) is 6.64. The minimum atomic E-state index is -0.975. The summed E-state index contributed by atoms with van der Waals surface area (Å²) in [5, 5.41) is 3.90. The van der Waals surface area contributed by atoms with Crippen molar-refractivity contribution in [3.05, 3.63) is 76.0 Å². The number of ketones is 1. The molecule has 3 heterocycles. The highest BCUT2D eigenvalue weighted by molar-refractivity contribution is 6.04. The van der Waals surface area contributed by atoms with E-state index < -0.39 is 17.0 Å². The number of benzene rings is 1. The molecule has 0 saturated heterocycles. The van der Waals surface area contributed by atoms with E-state index in [0.29, 0.717) is 24.3 Å². The number of rotatable bonds is 4. The molecule has 3 aromatic rings. The SMILES string of the molecule is C=CC(=O)c1cn2c(c(F)c1=O)-c1oc3c(/C(C)=C/NC)cccc3c1CC2. The third-order valence-corrected chi connectivity index (χ3v) is 5.10. The van der Waals surface area contributed by atoms with Crippen LogP contribution in [-0.2, 0) is 13.0 Å². The summed E-state index contributed by atoms with van der Waals surface area (Å²) in [6, 6.07) is 5.81. The fraction of sp³-hybridized carbons (Fsp3) is 0.182. The Morgan fingerprint density at radius 2 is 2.14 bits per heavy atom. The third-order valence-electron chi connectivity index (χ3n) is 5.10. The van der Waals surface area contributed by atoms with Gasteiger partial charge in [0.2, 0.25) is 5.43 Å². The summed E-state index contributed by atoms with van der Waals surface area (Å²) >= 11 is 0. The lowest BCUT2D eigenvalue weighted by Gasteiger charge is -2.19. The molecule has 4 rings (SSSR count). The van der Waals surface area contributed by atoms with Crippen molar-refractivity contribution >= 4 is 22.3 Å². The van der Waals surface area contributed by atoms with Gasteiger partial charge in [-0.15, -0.1) is 0 Å². The van der Waals surface area contributed by atoms with E-state index in [-0.39, 0.29) is 11.3 Å². The van der Waals surface area contributed by atoms with Crippen LogP contribution in [0, 0.1) is 5.82 Å². The van der Waals surface area contributed by atoms with Crippen LogP contribution in [0.4, 0.5) is 4.39 Å². The molecule has 0 aliphatic carbocycles. The predicted molar refractivity (Wildman–Crippen MR) is 107 cm³/mol. The van der Waals surface area contributed by atoms with Crippen LogP contribution < -0.4 is 10.7 Å². The molecule has 0 bridgehead atoms. The molecule has 1 N–H and O–H groups in total. The molecular formula is C22H19FN2O3. The highest BCUT2D eigenvalue weighted by Crippen LogP contribution is 2.40. The number of furan rings is 1. The van der Waals surface area contributed by atoms with Crippen LogP contribution in [0.2, 0.25) is 0 Å². The van der Waals surface area contributed by atoms with Gasteiger partial charge in [0.1, 0.15) is 11.3 Å². The van der Waals surface area contributed by atoms with Crippen molar-refractivity contribution in [2.75, 3.05) is 7.05 Å². The summed E-state index contributed by atoms with van der Waals surface area (Å²) in [5.74, 6) is -1.22. The third kappa shape index (κ3) is 2.52. The van der Waals surface area contributed by atoms with Crippen LogP contribution in [0.1, 0.15) is 28.4 Å². The van der Waals surface area contributed by atoms with Crippen LogP contribution in [0.3, 0.4) is 0 Å². The number of para-hydroxylation sites is 1. The van der Waals surface area contributed by atoms with Crippen LogP contribution in [0.5, 0.6) is 0 Å². The molecular weight excluding hydrogens is 359 g/mol. The van der Waals surface area contributed by atoms with E-state index in [1.165, 1.54) is 6.20 Å². The fourth-order valence-electron chi connectivity index (χ4n) is 3.77. The molecule has 28 heavy (non-hydrogen) atoms. The summed E-state index contributed by atoms with van der Waals surface area (Å²) in [6.07, 6.45) is 4.88. The molecule has 0 atom stereocenters. The highest BCUT2D eigenvalue weighted by Gasteiger charge is 2.29. The molecule has 0 radical (unpaired) electrons. The Kier molecular flexibility index (Phi) is 4.26. The first-order valence-electron chi connectivity index (χ1n) is 8.96. The minimum absolute atomic E-state index is 0.0873. The number of carbonyl (C=O) groups excluding carboxylic acids is 1.